The number of nitro benzene ring substituents is 1. The van der Waals surface area contributed by atoms with Crippen molar-refractivity contribution < 1.29 is 14.5 Å². The molecule has 0 fully saturated rings. The lowest BCUT2D eigenvalue weighted by atomic mass is 10.2. The van der Waals surface area contributed by atoms with Crippen LogP contribution in [0, 0.1) is 17.0 Å². The van der Waals surface area contributed by atoms with Gasteiger partial charge in [-0.2, -0.15) is 5.10 Å². The first-order valence-corrected chi connectivity index (χ1v) is 8.57. The number of ether oxygens (including phenoxy) is 1. The van der Waals surface area contributed by atoms with Crippen LogP contribution in [0.25, 0.3) is 0 Å². The van der Waals surface area contributed by atoms with Gasteiger partial charge in [0.2, 0.25) is 11.6 Å². The lowest BCUT2D eigenvalue weighted by Crippen LogP contribution is -2.32. The number of nitrogens with zero attached hydrogens (tertiary/aromatic N) is 3. The first kappa shape index (κ1) is 19.4. The molecule has 1 heterocycles. The number of hydrogen-bond acceptors (Lipinski definition) is 5. The second-order valence-corrected chi connectivity index (χ2v) is 6.43. The van der Waals surface area contributed by atoms with Gasteiger partial charge in [0.25, 0.3) is 5.91 Å². The van der Waals surface area contributed by atoms with Crippen LogP contribution in [0.4, 0.5) is 5.69 Å². The zero-order valence-electron chi connectivity index (χ0n) is 15.6. The van der Waals surface area contributed by atoms with Crippen molar-refractivity contribution in [2.24, 2.45) is 0 Å². The monoisotopic (exact) mass is 360 g/mol. The van der Waals surface area contributed by atoms with Gasteiger partial charge in [-0.1, -0.05) is 19.1 Å². The molecule has 8 nitrogen and oxygen atoms in total. The van der Waals surface area contributed by atoms with Crippen LogP contribution < -0.4 is 10.1 Å². The van der Waals surface area contributed by atoms with E-state index in [9.17, 15) is 14.9 Å². The van der Waals surface area contributed by atoms with Gasteiger partial charge in [0, 0.05) is 17.7 Å². The van der Waals surface area contributed by atoms with Crippen LogP contribution in [0.2, 0.25) is 0 Å². The van der Waals surface area contributed by atoms with Crippen LogP contribution in [0.1, 0.15) is 56.2 Å². The van der Waals surface area contributed by atoms with Crippen LogP contribution in [0.5, 0.6) is 11.6 Å². The van der Waals surface area contributed by atoms with Crippen molar-refractivity contribution in [1.29, 1.82) is 0 Å². The van der Waals surface area contributed by atoms with Gasteiger partial charge < -0.3 is 10.1 Å². The summed E-state index contributed by atoms with van der Waals surface area (Å²) in [6, 6.07) is 6.06. The van der Waals surface area contributed by atoms with Crippen molar-refractivity contribution in [3.05, 3.63) is 45.6 Å². The number of hydrogen-bond donors (Lipinski definition) is 1. The summed E-state index contributed by atoms with van der Waals surface area (Å²) in [5.74, 6) is 0.142. The number of carbonyl (C=O) groups is 1. The molecule has 2 aromatic rings. The average Bonchev–Trinajstić information content (AvgIpc) is 2.92. The number of carbonyl (C=O) groups excluding carboxylic acids is 1. The van der Waals surface area contributed by atoms with E-state index in [-0.39, 0.29) is 35.1 Å². The lowest BCUT2D eigenvalue weighted by molar-refractivity contribution is -0.385. The zero-order valence-corrected chi connectivity index (χ0v) is 15.6. The number of benzene rings is 1. The fourth-order valence-electron chi connectivity index (χ4n) is 2.38. The molecule has 8 heteroatoms. The Labute approximate surface area is 152 Å². The molecule has 0 bridgehead atoms. The van der Waals surface area contributed by atoms with E-state index in [1.165, 1.54) is 12.1 Å². The first-order valence-electron chi connectivity index (χ1n) is 8.57. The summed E-state index contributed by atoms with van der Waals surface area (Å²) in [7, 11) is 0. The van der Waals surface area contributed by atoms with Crippen molar-refractivity contribution in [2.45, 2.75) is 53.1 Å². The second-order valence-electron chi connectivity index (χ2n) is 6.43. The highest BCUT2D eigenvalue weighted by atomic mass is 16.6. The number of nitro groups is 1. The van der Waals surface area contributed by atoms with E-state index in [0.29, 0.717) is 11.4 Å². The molecule has 2 rings (SSSR count). The normalized spacial score (nSPS) is 12.1. The van der Waals surface area contributed by atoms with E-state index in [1.54, 1.807) is 23.7 Å². The molecule has 0 radical (unpaired) electrons. The standard InChI is InChI=1S/C18H24N4O4/c1-6-12(4)19-17(23)16-13(5)18(21(20-16)11(2)3)26-15-10-8-7-9-14(15)22(24)25/h7-12H,6H2,1-5H3,(H,19,23). The van der Waals surface area contributed by atoms with E-state index in [1.807, 2.05) is 27.7 Å². The topological polar surface area (TPSA) is 99.3 Å². The molecule has 0 aliphatic heterocycles. The highest BCUT2D eigenvalue weighted by molar-refractivity contribution is 5.94. The van der Waals surface area contributed by atoms with Crippen LogP contribution >= 0.6 is 0 Å². The number of para-hydroxylation sites is 2. The smallest absolute Gasteiger partial charge is 0.311 e. The summed E-state index contributed by atoms with van der Waals surface area (Å²) in [5.41, 5.74) is 0.652. The first-order chi connectivity index (χ1) is 12.3. The Morgan fingerprint density at radius 3 is 2.58 bits per heavy atom. The summed E-state index contributed by atoms with van der Waals surface area (Å²) >= 11 is 0. The third kappa shape index (κ3) is 4.01. The molecule has 1 amide bonds. The SMILES string of the molecule is CCC(C)NC(=O)c1nn(C(C)C)c(Oc2ccccc2[N+](=O)[O-])c1C. The van der Waals surface area contributed by atoms with Gasteiger partial charge >= 0.3 is 5.69 Å². The molecular weight excluding hydrogens is 336 g/mol. The van der Waals surface area contributed by atoms with Crippen molar-refractivity contribution in [3.8, 4) is 11.6 Å². The Morgan fingerprint density at radius 1 is 1.35 bits per heavy atom. The van der Waals surface area contributed by atoms with Crippen LogP contribution in [0.3, 0.4) is 0 Å². The highest BCUT2D eigenvalue weighted by Crippen LogP contribution is 2.34. The van der Waals surface area contributed by atoms with Crippen molar-refractivity contribution >= 4 is 11.6 Å². The van der Waals surface area contributed by atoms with Crippen molar-refractivity contribution in [1.82, 2.24) is 15.1 Å². The van der Waals surface area contributed by atoms with E-state index >= 15 is 0 Å². The van der Waals surface area contributed by atoms with Crippen LogP contribution in [-0.2, 0) is 0 Å². The van der Waals surface area contributed by atoms with Crippen LogP contribution in [-0.4, -0.2) is 26.7 Å². The largest absolute Gasteiger partial charge is 0.432 e. The summed E-state index contributed by atoms with van der Waals surface area (Å²) in [6.07, 6.45) is 0.801. The minimum atomic E-state index is -0.503. The van der Waals surface area contributed by atoms with Crippen molar-refractivity contribution in [3.63, 3.8) is 0 Å². The number of aromatic nitrogens is 2. The Balaban J connectivity index is 2.46. The maximum Gasteiger partial charge on any atom is 0.311 e. The zero-order chi connectivity index (χ0) is 19.4. The molecule has 0 aliphatic carbocycles. The molecule has 0 spiro atoms. The van der Waals surface area contributed by atoms with Gasteiger partial charge in [0.1, 0.15) is 0 Å². The average molecular weight is 360 g/mol. The van der Waals surface area contributed by atoms with Gasteiger partial charge in [-0.3, -0.25) is 14.9 Å². The summed E-state index contributed by atoms with van der Waals surface area (Å²) in [5, 5.41) is 18.5. The minimum absolute atomic E-state index is 0.0191. The van der Waals surface area contributed by atoms with E-state index < -0.39 is 4.92 Å². The molecule has 1 N–H and O–H groups in total. The minimum Gasteiger partial charge on any atom is -0.432 e. The lowest BCUT2D eigenvalue weighted by Gasteiger charge is -2.12. The third-order valence-corrected chi connectivity index (χ3v) is 4.05. The van der Waals surface area contributed by atoms with E-state index in [2.05, 4.69) is 10.4 Å². The molecule has 140 valence electrons. The number of nitrogens with one attached hydrogen (secondary N) is 1. The molecule has 1 atom stereocenters. The molecule has 1 unspecified atom stereocenters. The van der Waals surface area contributed by atoms with Crippen molar-refractivity contribution in [2.75, 3.05) is 0 Å². The van der Waals surface area contributed by atoms with Crippen LogP contribution in [0.15, 0.2) is 24.3 Å². The fraction of sp³-hybridized carbons (Fsp3) is 0.444. The Hall–Kier alpha value is -2.90. The Morgan fingerprint density at radius 2 is 2.00 bits per heavy atom. The molecule has 0 saturated carbocycles. The summed E-state index contributed by atoms with van der Waals surface area (Å²) < 4.78 is 7.40. The van der Waals surface area contributed by atoms with E-state index in [4.69, 9.17) is 4.74 Å². The molecule has 1 aromatic heterocycles. The molecule has 26 heavy (non-hydrogen) atoms. The quantitative estimate of drug-likeness (QED) is 0.594. The molecule has 0 saturated heterocycles. The number of amides is 1. The molecular formula is C18H24N4O4. The predicted octanol–water partition coefficient (Wildman–Crippen LogP) is 4.00. The molecule has 1 aromatic carbocycles. The fourth-order valence-corrected chi connectivity index (χ4v) is 2.38. The summed E-state index contributed by atoms with van der Waals surface area (Å²) in [4.78, 5) is 23.2. The van der Waals surface area contributed by atoms with Gasteiger partial charge in [0.05, 0.1) is 11.0 Å². The Bertz CT molecular complexity index is 814. The van der Waals surface area contributed by atoms with Gasteiger partial charge in [-0.25, -0.2) is 4.68 Å². The van der Waals surface area contributed by atoms with Gasteiger partial charge in [-0.05, 0) is 40.2 Å². The van der Waals surface area contributed by atoms with E-state index in [0.717, 1.165) is 6.42 Å². The second kappa shape index (κ2) is 7.99. The van der Waals surface area contributed by atoms with Gasteiger partial charge in [-0.15, -0.1) is 0 Å². The Kier molecular flexibility index (Phi) is 5.97. The molecule has 0 aliphatic rings. The highest BCUT2D eigenvalue weighted by Gasteiger charge is 2.25. The maximum atomic E-state index is 12.5. The number of rotatable bonds is 7. The predicted molar refractivity (Wildman–Crippen MR) is 97.7 cm³/mol. The summed E-state index contributed by atoms with van der Waals surface area (Å²) in [6.45, 7) is 9.41. The van der Waals surface area contributed by atoms with Gasteiger partial charge in [0.15, 0.2) is 5.69 Å². The third-order valence-electron chi connectivity index (χ3n) is 4.05. The maximum absolute atomic E-state index is 12.5.